The Labute approximate surface area is 67.9 Å². The number of hydrogen-bond acceptors (Lipinski definition) is 1. The molecule has 0 N–H and O–H groups in total. The highest BCUT2D eigenvalue weighted by atomic mass is 19.1. The van der Waals surface area contributed by atoms with Crippen LogP contribution < -0.4 is 0 Å². The maximum atomic E-state index is 12.9. The zero-order valence-electron chi connectivity index (χ0n) is 7.35. The van der Waals surface area contributed by atoms with E-state index in [0.29, 0.717) is 18.3 Å². The van der Waals surface area contributed by atoms with Gasteiger partial charge < -0.3 is 4.74 Å². The third kappa shape index (κ3) is 2.44. The zero-order valence-corrected chi connectivity index (χ0v) is 7.35. The molecule has 0 amide bonds. The molecule has 0 aromatic heterocycles. The summed E-state index contributed by atoms with van der Waals surface area (Å²) >= 11 is 0. The van der Waals surface area contributed by atoms with Gasteiger partial charge in [-0.15, -0.1) is 0 Å². The fourth-order valence-corrected chi connectivity index (χ4v) is 1.80. The SMILES string of the molecule is COCC1CC(F)CCC1C. The van der Waals surface area contributed by atoms with Crippen molar-refractivity contribution in [1.82, 2.24) is 0 Å². The molecule has 0 heterocycles. The molecule has 0 spiro atoms. The lowest BCUT2D eigenvalue weighted by atomic mass is 9.80. The highest BCUT2D eigenvalue weighted by Gasteiger charge is 2.27. The van der Waals surface area contributed by atoms with Crippen LogP contribution in [0.25, 0.3) is 0 Å². The molecule has 0 saturated heterocycles. The summed E-state index contributed by atoms with van der Waals surface area (Å²) in [6.07, 6.45) is 1.90. The molecule has 0 bridgehead atoms. The summed E-state index contributed by atoms with van der Waals surface area (Å²) in [5.74, 6) is 1.09. The lowest BCUT2D eigenvalue weighted by molar-refractivity contribution is 0.0681. The van der Waals surface area contributed by atoms with Crippen molar-refractivity contribution < 1.29 is 9.13 Å². The summed E-state index contributed by atoms with van der Waals surface area (Å²) in [5.41, 5.74) is 0. The van der Waals surface area contributed by atoms with Gasteiger partial charge in [0.1, 0.15) is 6.17 Å². The summed E-state index contributed by atoms with van der Waals surface area (Å²) in [6.45, 7) is 2.91. The topological polar surface area (TPSA) is 9.23 Å². The first-order chi connectivity index (χ1) is 5.24. The van der Waals surface area contributed by atoms with Crippen LogP contribution in [0.3, 0.4) is 0 Å². The van der Waals surface area contributed by atoms with Crippen molar-refractivity contribution in [3.63, 3.8) is 0 Å². The second kappa shape index (κ2) is 4.05. The van der Waals surface area contributed by atoms with Gasteiger partial charge in [-0.3, -0.25) is 0 Å². The Bertz CT molecular complexity index is 116. The molecule has 2 heteroatoms. The molecule has 3 unspecified atom stereocenters. The first-order valence-corrected chi connectivity index (χ1v) is 4.37. The average molecular weight is 160 g/mol. The van der Waals surface area contributed by atoms with Gasteiger partial charge in [0, 0.05) is 13.7 Å². The van der Waals surface area contributed by atoms with E-state index in [4.69, 9.17) is 4.74 Å². The van der Waals surface area contributed by atoms with E-state index in [1.165, 1.54) is 0 Å². The van der Waals surface area contributed by atoms with Gasteiger partial charge in [0.15, 0.2) is 0 Å². The van der Waals surface area contributed by atoms with Crippen molar-refractivity contribution in [3.8, 4) is 0 Å². The van der Waals surface area contributed by atoms with Gasteiger partial charge in [-0.05, 0) is 31.1 Å². The molecule has 0 radical (unpaired) electrons. The first-order valence-electron chi connectivity index (χ1n) is 4.37. The summed E-state index contributed by atoms with van der Waals surface area (Å²) in [6, 6.07) is 0. The van der Waals surface area contributed by atoms with Crippen LogP contribution in [0, 0.1) is 11.8 Å². The van der Waals surface area contributed by atoms with Gasteiger partial charge in [-0.1, -0.05) is 6.92 Å². The number of hydrogen-bond donors (Lipinski definition) is 0. The van der Waals surface area contributed by atoms with Gasteiger partial charge in [-0.25, -0.2) is 4.39 Å². The normalized spacial score (nSPS) is 39.0. The van der Waals surface area contributed by atoms with Crippen LogP contribution in [-0.2, 0) is 4.74 Å². The number of methoxy groups -OCH3 is 1. The summed E-state index contributed by atoms with van der Waals surface area (Å²) in [4.78, 5) is 0. The molecule has 1 rings (SSSR count). The maximum Gasteiger partial charge on any atom is 0.100 e. The van der Waals surface area contributed by atoms with Gasteiger partial charge in [-0.2, -0.15) is 0 Å². The molecule has 0 aromatic rings. The van der Waals surface area contributed by atoms with E-state index in [2.05, 4.69) is 6.92 Å². The lowest BCUT2D eigenvalue weighted by Crippen LogP contribution is -2.27. The molecule has 66 valence electrons. The van der Waals surface area contributed by atoms with Crippen LogP contribution in [-0.4, -0.2) is 19.9 Å². The Balaban J connectivity index is 2.34. The molecular weight excluding hydrogens is 143 g/mol. The van der Waals surface area contributed by atoms with Crippen LogP contribution in [0.1, 0.15) is 26.2 Å². The molecular formula is C9H17FO. The van der Waals surface area contributed by atoms with Gasteiger partial charge in [0.25, 0.3) is 0 Å². The zero-order chi connectivity index (χ0) is 8.27. The van der Waals surface area contributed by atoms with Gasteiger partial charge in [0.05, 0.1) is 0 Å². The molecule has 1 fully saturated rings. The van der Waals surface area contributed by atoms with Crippen molar-refractivity contribution in [1.29, 1.82) is 0 Å². The van der Waals surface area contributed by atoms with Crippen molar-refractivity contribution in [3.05, 3.63) is 0 Å². The third-order valence-electron chi connectivity index (χ3n) is 2.68. The van der Waals surface area contributed by atoms with Crippen LogP contribution in [0.2, 0.25) is 0 Å². The van der Waals surface area contributed by atoms with E-state index in [1.807, 2.05) is 0 Å². The van der Waals surface area contributed by atoms with Gasteiger partial charge in [0.2, 0.25) is 0 Å². The number of ether oxygens (including phenoxy) is 1. The Hall–Kier alpha value is -0.110. The van der Waals surface area contributed by atoms with Crippen molar-refractivity contribution >= 4 is 0 Å². The monoisotopic (exact) mass is 160 g/mol. The Morgan fingerprint density at radius 3 is 2.82 bits per heavy atom. The van der Waals surface area contributed by atoms with E-state index in [-0.39, 0.29) is 0 Å². The second-order valence-electron chi connectivity index (χ2n) is 3.60. The molecule has 1 aliphatic carbocycles. The number of alkyl halides is 1. The van der Waals surface area contributed by atoms with Crippen LogP contribution in [0.4, 0.5) is 4.39 Å². The highest BCUT2D eigenvalue weighted by Crippen LogP contribution is 2.31. The summed E-state index contributed by atoms with van der Waals surface area (Å²) in [7, 11) is 1.69. The van der Waals surface area contributed by atoms with Crippen LogP contribution in [0.5, 0.6) is 0 Å². The van der Waals surface area contributed by atoms with Crippen molar-refractivity contribution in [2.24, 2.45) is 11.8 Å². The van der Waals surface area contributed by atoms with E-state index in [0.717, 1.165) is 19.4 Å². The summed E-state index contributed by atoms with van der Waals surface area (Å²) in [5, 5.41) is 0. The lowest BCUT2D eigenvalue weighted by Gasteiger charge is -2.30. The van der Waals surface area contributed by atoms with Crippen molar-refractivity contribution in [2.75, 3.05) is 13.7 Å². The van der Waals surface area contributed by atoms with E-state index in [9.17, 15) is 4.39 Å². The summed E-state index contributed by atoms with van der Waals surface area (Å²) < 4.78 is 17.9. The molecule has 3 atom stereocenters. The van der Waals surface area contributed by atoms with Gasteiger partial charge >= 0.3 is 0 Å². The van der Waals surface area contributed by atoms with Crippen molar-refractivity contribution in [2.45, 2.75) is 32.4 Å². The highest BCUT2D eigenvalue weighted by molar-refractivity contribution is 4.77. The minimum atomic E-state index is -0.577. The molecule has 11 heavy (non-hydrogen) atoms. The number of rotatable bonds is 2. The smallest absolute Gasteiger partial charge is 0.100 e. The Morgan fingerprint density at radius 1 is 1.45 bits per heavy atom. The predicted octanol–water partition coefficient (Wildman–Crippen LogP) is 2.41. The molecule has 1 aliphatic rings. The minimum Gasteiger partial charge on any atom is -0.384 e. The van der Waals surface area contributed by atoms with E-state index >= 15 is 0 Å². The molecule has 0 aliphatic heterocycles. The number of halogens is 1. The largest absolute Gasteiger partial charge is 0.384 e. The maximum absolute atomic E-state index is 12.9. The average Bonchev–Trinajstić information content (AvgIpc) is 1.98. The Kier molecular flexibility index (Phi) is 3.31. The fraction of sp³-hybridized carbons (Fsp3) is 1.00. The molecule has 0 aromatic carbocycles. The molecule has 1 nitrogen and oxygen atoms in total. The second-order valence-corrected chi connectivity index (χ2v) is 3.60. The predicted molar refractivity (Wildman–Crippen MR) is 43.3 cm³/mol. The third-order valence-corrected chi connectivity index (χ3v) is 2.68. The van der Waals surface area contributed by atoms with Crippen LogP contribution in [0.15, 0.2) is 0 Å². The Morgan fingerprint density at radius 2 is 2.18 bits per heavy atom. The minimum absolute atomic E-state index is 0.448. The quantitative estimate of drug-likeness (QED) is 0.602. The van der Waals surface area contributed by atoms with E-state index < -0.39 is 6.17 Å². The van der Waals surface area contributed by atoms with Crippen LogP contribution >= 0.6 is 0 Å². The van der Waals surface area contributed by atoms with E-state index in [1.54, 1.807) is 7.11 Å². The fourth-order valence-electron chi connectivity index (χ4n) is 1.80. The standard InChI is InChI=1S/C9H17FO/c1-7-3-4-9(10)5-8(7)6-11-2/h7-9H,3-6H2,1-2H3. The first kappa shape index (κ1) is 8.98. The molecule has 1 saturated carbocycles.